The molecule has 2 rings (SSSR count). The van der Waals surface area contributed by atoms with Crippen LogP contribution in [0.3, 0.4) is 0 Å². The minimum absolute atomic E-state index is 0.127. The third-order valence-corrected chi connectivity index (χ3v) is 5.78. The summed E-state index contributed by atoms with van der Waals surface area (Å²) in [7, 11) is 0. The van der Waals surface area contributed by atoms with Gasteiger partial charge in [-0.15, -0.1) is 23.1 Å². The number of thiazole rings is 1. The van der Waals surface area contributed by atoms with E-state index in [0.717, 1.165) is 5.01 Å². The number of hydrogen-bond donors (Lipinski definition) is 2. The number of nitrogens with two attached hydrogens (primary N) is 1. The first kappa shape index (κ1) is 16.3. The van der Waals surface area contributed by atoms with Crippen LogP contribution in [0.2, 0.25) is 0 Å². The Morgan fingerprint density at radius 3 is 2.86 bits per heavy atom. The van der Waals surface area contributed by atoms with Crippen molar-refractivity contribution in [3.63, 3.8) is 0 Å². The highest BCUT2D eigenvalue weighted by molar-refractivity contribution is 8.00. The SMILES string of the molecule is CC(C)C1SCC(C(=O)O)N1C(=O)c1csc(CCN)n1. The first-order valence-corrected chi connectivity index (χ1v) is 8.70. The fourth-order valence-corrected chi connectivity index (χ4v) is 4.53. The normalized spacial score (nSPS) is 22.0. The van der Waals surface area contributed by atoms with Crippen LogP contribution in [0.4, 0.5) is 0 Å². The van der Waals surface area contributed by atoms with Crippen LogP contribution < -0.4 is 5.73 Å². The predicted molar refractivity (Wildman–Crippen MR) is 83.5 cm³/mol. The van der Waals surface area contributed by atoms with E-state index in [1.165, 1.54) is 28.0 Å². The third-order valence-electron chi connectivity index (χ3n) is 3.25. The number of carboxylic acids is 1. The van der Waals surface area contributed by atoms with Crippen LogP contribution in [0, 0.1) is 5.92 Å². The molecule has 0 aromatic carbocycles. The first-order chi connectivity index (χ1) is 9.95. The van der Waals surface area contributed by atoms with Crippen molar-refractivity contribution in [3.8, 4) is 0 Å². The second-order valence-electron chi connectivity index (χ2n) is 5.20. The van der Waals surface area contributed by atoms with Crippen LogP contribution in [0.15, 0.2) is 5.38 Å². The molecule has 116 valence electrons. The molecular weight excluding hydrogens is 310 g/mol. The van der Waals surface area contributed by atoms with Gasteiger partial charge in [-0.25, -0.2) is 9.78 Å². The first-order valence-electron chi connectivity index (χ1n) is 6.77. The number of amides is 1. The van der Waals surface area contributed by atoms with E-state index in [9.17, 15) is 14.7 Å². The summed E-state index contributed by atoms with van der Waals surface area (Å²) in [6.45, 7) is 4.46. The predicted octanol–water partition coefficient (Wildman–Crippen LogP) is 1.27. The fraction of sp³-hybridized carbons (Fsp3) is 0.615. The van der Waals surface area contributed by atoms with Crippen molar-refractivity contribution < 1.29 is 14.7 Å². The summed E-state index contributed by atoms with van der Waals surface area (Å²) in [5.41, 5.74) is 5.80. The smallest absolute Gasteiger partial charge is 0.327 e. The summed E-state index contributed by atoms with van der Waals surface area (Å²) < 4.78 is 0. The van der Waals surface area contributed by atoms with Crippen LogP contribution in [0.5, 0.6) is 0 Å². The van der Waals surface area contributed by atoms with E-state index < -0.39 is 12.0 Å². The Morgan fingerprint density at radius 1 is 1.57 bits per heavy atom. The van der Waals surface area contributed by atoms with Crippen molar-refractivity contribution in [2.45, 2.75) is 31.7 Å². The van der Waals surface area contributed by atoms with Gasteiger partial charge in [0.1, 0.15) is 11.7 Å². The van der Waals surface area contributed by atoms with Gasteiger partial charge < -0.3 is 15.7 Å². The van der Waals surface area contributed by atoms with Gasteiger partial charge in [0, 0.05) is 17.6 Å². The van der Waals surface area contributed by atoms with E-state index in [0.29, 0.717) is 24.4 Å². The zero-order chi connectivity index (χ0) is 15.6. The maximum Gasteiger partial charge on any atom is 0.327 e. The largest absolute Gasteiger partial charge is 0.480 e. The van der Waals surface area contributed by atoms with Gasteiger partial charge in [0.25, 0.3) is 5.91 Å². The van der Waals surface area contributed by atoms with Crippen LogP contribution in [-0.2, 0) is 11.2 Å². The molecule has 1 fully saturated rings. The molecule has 3 N–H and O–H groups in total. The Balaban J connectivity index is 2.25. The Bertz CT molecular complexity index is 532. The second kappa shape index (κ2) is 6.76. The van der Waals surface area contributed by atoms with E-state index >= 15 is 0 Å². The van der Waals surface area contributed by atoms with Crippen LogP contribution >= 0.6 is 23.1 Å². The maximum absolute atomic E-state index is 12.7. The number of carbonyl (C=O) groups is 2. The van der Waals surface area contributed by atoms with Crippen molar-refractivity contribution in [3.05, 3.63) is 16.1 Å². The minimum Gasteiger partial charge on any atom is -0.480 e. The Morgan fingerprint density at radius 2 is 2.29 bits per heavy atom. The number of aromatic nitrogens is 1. The Hall–Kier alpha value is -1.12. The van der Waals surface area contributed by atoms with E-state index in [1.807, 2.05) is 13.8 Å². The second-order valence-corrected chi connectivity index (χ2v) is 7.29. The number of thioether (sulfide) groups is 1. The number of rotatable bonds is 5. The molecule has 8 heteroatoms. The summed E-state index contributed by atoms with van der Waals surface area (Å²) in [5.74, 6) is -0.656. The molecular formula is C13H19N3O3S2. The molecule has 1 saturated heterocycles. The molecule has 0 radical (unpaired) electrons. The lowest BCUT2D eigenvalue weighted by Crippen LogP contribution is -2.47. The van der Waals surface area contributed by atoms with Gasteiger partial charge in [-0.2, -0.15) is 0 Å². The Kier molecular flexibility index (Phi) is 5.23. The highest BCUT2D eigenvalue weighted by Gasteiger charge is 2.43. The van der Waals surface area contributed by atoms with Crippen LogP contribution in [-0.4, -0.2) is 50.6 Å². The molecule has 2 heterocycles. The van der Waals surface area contributed by atoms with E-state index in [2.05, 4.69) is 4.98 Å². The van der Waals surface area contributed by atoms with E-state index in [4.69, 9.17) is 5.73 Å². The molecule has 1 aromatic heterocycles. The van der Waals surface area contributed by atoms with Crippen molar-refractivity contribution in [1.29, 1.82) is 0 Å². The maximum atomic E-state index is 12.7. The molecule has 1 aliphatic rings. The number of carbonyl (C=O) groups excluding carboxylic acids is 1. The molecule has 0 spiro atoms. The van der Waals surface area contributed by atoms with E-state index in [-0.39, 0.29) is 17.2 Å². The highest BCUT2D eigenvalue weighted by atomic mass is 32.2. The topological polar surface area (TPSA) is 96.5 Å². The number of carboxylic acid groups (broad SMARTS) is 1. The molecule has 1 amide bonds. The lowest BCUT2D eigenvalue weighted by Gasteiger charge is -2.29. The summed E-state index contributed by atoms with van der Waals surface area (Å²) in [6, 6.07) is -0.783. The average Bonchev–Trinajstić information content (AvgIpc) is 3.04. The third kappa shape index (κ3) is 3.38. The van der Waals surface area contributed by atoms with Crippen molar-refractivity contribution >= 4 is 35.0 Å². The fourth-order valence-electron chi connectivity index (χ4n) is 2.27. The van der Waals surface area contributed by atoms with Crippen molar-refractivity contribution in [2.24, 2.45) is 11.7 Å². The average molecular weight is 329 g/mol. The number of nitrogens with zero attached hydrogens (tertiary/aromatic N) is 2. The Labute approximate surface area is 131 Å². The van der Waals surface area contributed by atoms with Crippen molar-refractivity contribution in [2.75, 3.05) is 12.3 Å². The van der Waals surface area contributed by atoms with Crippen LogP contribution in [0.25, 0.3) is 0 Å². The molecule has 6 nitrogen and oxygen atoms in total. The standard InChI is InChI=1S/C13H19N3O3S2/c1-7(2)12-16(9(6-21-12)13(18)19)11(17)8-5-20-10(15-8)3-4-14/h5,7,9,12H,3-4,6,14H2,1-2H3,(H,18,19). The van der Waals surface area contributed by atoms with Gasteiger partial charge in [0.15, 0.2) is 0 Å². The summed E-state index contributed by atoms with van der Waals surface area (Å²) in [6.07, 6.45) is 0.628. The number of hydrogen-bond acceptors (Lipinski definition) is 6. The van der Waals surface area contributed by atoms with Gasteiger partial charge in [0.05, 0.1) is 10.4 Å². The summed E-state index contributed by atoms with van der Waals surface area (Å²) in [4.78, 5) is 29.8. The molecule has 0 aliphatic carbocycles. The molecule has 21 heavy (non-hydrogen) atoms. The van der Waals surface area contributed by atoms with E-state index in [1.54, 1.807) is 5.38 Å². The summed E-state index contributed by atoms with van der Waals surface area (Å²) in [5, 5.41) is 11.7. The van der Waals surface area contributed by atoms with Gasteiger partial charge in [-0.1, -0.05) is 13.8 Å². The minimum atomic E-state index is -0.962. The molecule has 0 saturated carbocycles. The quantitative estimate of drug-likeness (QED) is 0.844. The molecule has 0 bridgehead atoms. The molecule has 1 aliphatic heterocycles. The van der Waals surface area contributed by atoms with Gasteiger partial charge >= 0.3 is 5.97 Å². The lowest BCUT2D eigenvalue weighted by atomic mass is 10.1. The van der Waals surface area contributed by atoms with Gasteiger partial charge in [-0.05, 0) is 12.5 Å². The zero-order valence-corrected chi connectivity index (χ0v) is 13.6. The molecule has 2 unspecified atom stereocenters. The lowest BCUT2D eigenvalue weighted by molar-refractivity contribution is -0.141. The molecule has 1 aromatic rings. The van der Waals surface area contributed by atoms with Crippen molar-refractivity contribution in [1.82, 2.24) is 9.88 Å². The van der Waals surface area contributed by atoms with Crippen LogP contribution in [0.1, 0.15) is 29.3 Å². The summed E-state index contributed by atoms with van der Waals surface area (Å²) >= 11 is 2.90. The zero-order valence-electron chi connectivity index (χ0n) is 12.0. The highest BCUT2D eigenvalue weighted by Crippen LogP contribution is 2.35. The van der Waals surface area contributed by atoms with Gasteiger partial charge in [0.2, 0.25) is 0 Å². The number of aliphatic carboxylic acids is 1. The van der Waals surface area contributed by atoms with Gasteiger partial charge in [-0.3, -0.25) is 4.79 Å². The molecule has 2 atom stereocenters. The monoisotopic (exact) mass is 329 g/mol.